The molecule has 1 saturated heterocycles. The summed E-state index contributed by atoms with van der Waals surface area (Å²) in [7, 11) is 0. The highest BCUT2D eigenvalue weighted by Gasteiger charge is 2.17. The summed E-state index contributed by atoms with van der Waals surface area (Å²) in [6.45, 7) is 4.96. The molecular formula is C21H24N6. The predicted octanol–water partition coefficient (Wildman–Crippen LogP) is 3.26. The number of hydrogen-bond acceptors (Lipinski definition) is 5. The molecule has 6 nitrogen and oxygen atoms in total. The van der Waals surface area contributed by atoms with Gasteiger partial charge in [0.05, 0.1) is 17.3 Å². The smallest absolute Gasteiger partial charge is 0.129 e. The molecule has 27 heavy (non-hydrogen) atoms. The van der Waals surface area contributed by atoms with Gasteiger partial charge in [0.25, 0.3) is 0 Å². The molecule has 3 N–H and O–H groups in total. The fourth-order valence-corrected chi connectivity index (χ4v) is 3.89. The third-order valence-corrected chi connectivity index (χ3v) is 5.33. The molecule has 1 aromatic carbocycles. The van der Waals surface area contributed by atoms with Gasteiger partial charge in [0.2, 0.25) is 0 Å². The van der Waals surface area contributed by atoms with Crippen LogP contribution in [0.5, 0.6) is 0 Å². The lowest BCUT2D eigenvalue weighted by atomic mass is 9.96. The first kappa shape index (κ1) is 17.5. The van der Waals surface area contributed by atoms with E-state index in [1.807, 2.05) is 18.2 Å². The van der Waals surface area contributed by atoms with Crippen molar-refractivity contribution in [1.29, 1.82) is 5.26 Å². The van der Waals surface area contributed by atoms with Gasteiger partial charge in [-0.3, -0.25) is 0 Å². The Hall–Kier alpha value is -2.91. The van der Waals surface area contributed by atoms with E-state index in [1.165, 1.54) is 18.4 Å². The normalized spacial score (nSPS) is 17.0. The number of aromatic nitrogens is 3. The zero-order valence-electron chi connectivity index (χ0n) is 15.5. The number of nitriles is 1. The molecule has 3 aromatic rings. The van der Waals surface area contributed by atoms with Crippen LogP contribution in [0.1, 0.15) is 41.3 Å². The Morgan fingerprint density at radius 2 is 2.22 bits per heavy atom. The fourth-order valence-electron chi connectivity index (χ4n) is 3.89. The van der Waals surface area contributed by atoms with Gasteiger partial charge in [-0.05, 0) is 56.5 Å². The van der Waals surface area contributed by atoms with Crippen LogP contribution in [0.3, 0.4) is 0 Å². The Labute approximate surface area is 159 Å². The second-order valence-electron chi connectivity index (χ2n) is 7.15. The molecule has 1 aliphatic rings. The molecule has 1 fully saturated rings. The van der Waals surface area contributed by atoms with Crippen molar-refractivity contribution in [2.24, 2.45) is 0 Å². The number of piperidine rings is 1. The van der Waals surface area contributed by atoms with Gasteiger partial charge in [-0.15, -0.1) is 0 Å². The van der Waals surface area contributed by atoms with Crippen molar-refractivity contribution < 1.29 is 0 Å². The van der Waals surface area contributed by atoms with E-state index in [4.69, 9.17) is 5.26 Å². The summed E-state index contributed by atoms with van der Waals surface area (Å²) in [5.41, 5.74) is 5.29. The monoisotopic (exact) mass is 360 g/mol. The van der Waals surface area contributed by atoms with Crippen molar-refractivity contribution in [3.8, 4) is 6.07 Å². The molecule has 0 unspecified atom stereocenters. The first-order valence-electron chi connectivity index (χ1n) is 9.52. The van der Waals surface area contributed by atoms with Crippen molar-refractivity contribution in [1.82, 2.24) is 20.3 Å². The summed E-state index contributed by atoms with van der Waals surface area (Å²) in [4.78, 5) is 12.2. The van der Waals surface area contributed by atoms with Crippen LogP contribution in [-0.2, 0) is 6.42 Å². The van der Waals surface area contributed by atoms with E-state index < -0.39 is 0 Å². The number of hydrogen-bond donors (Lipinski definition) is 3. The lowest BCUT2D eigenvalue weighted by molar-refractivity contribution is 0.454. The summed E-state index contributed by atoms with van der Waals surface area (Å²) >= 11 is 0. The van der Waals surface area contributed by atoms with Crippen LogP contribution >= 0.6 is 0 Å². The van der Waals surface area contributed by atoms with E-state index in [0.29, 0.717) is 11.5 Å². The van der Waals surface area contributed by atoms with E-state index in [9.17, 15) is 0 Å². The zero-order chi connectivity index (χ0) is 18.6. The molecule has 0 saturated carbocycles. The maximum Gasteiger partial charge on any atom is 0.129 e. The fraction of sp³-hybridized carbons (Fsp3) is 0.381. The zero-order valence-corrected chi connectivity index (χ0v) is 15.5. The summed E-state index contributed by atoms with van der Waals surface area (Å²) in [5, 5.41) is 17.2. The number of rotatable bonds is 5. The highest BCUT2D eigenvalue weighted by molar-refractivity contribution is 5.86. The highest BCUT2D eigenvalue weighted by Crippen LogP contribution is 2.25. The molecule has 1 aliphatic heterocycles. The standard InChI is InChI=1S/C21H24N6/c1-14-17(18-9-15(11-22)4-5-19(18)27-14)6-8-24-21-10-20(25-13-26-21)16-3-2-7-23-12-16/h4-5,9-10,13,16,23,27H,2-3,6-8,12H2,1H3,(H,24,25,26)/t16-/m1/s1. The van der Waals surface area contributed by atoms with Gasteiger partial charge < -0.3 is 15.6 Å². The molecular weight excluding hydrogens is 336 g/mol. The average molecular weight is 360 g/mol. The summed E-state index contributed by atoms with van der Waals surface area (Å²) in [6.07, 6.45) is 4.90. The number of aryl methyl sites for hydroxylation is 1. The minimum absolute atomic E-state index is 0.475. The minimum atomic E-state index is 0.475. The van der Waals surface area contributed by atoms with E-state index in [-0.39, 0.29) is 0 Å². The summed E-state index contributed by atoms with van der Waals surface area (Å²) in [6, 6.07) is 10.1. The first-order valence-corrected chi connectivity index (χ1v) is 9.52. The lowest BCUT2D eigenvalue weighted by Gasteiger charge is -2.22. The minimum Gasteiger partial charge on any atom is -0.370 e. The van der Waals surface area contributed by atoms with Crippen LogP contribution in [-0.4, -0.2) is 34.6 Å². The van der Waals surface area contributed by atoms with Gasteiger partial charge in [0.1, 0.15) is 12.1 Å². The third kappa shape index (κ3) is 3.79. The van der Waals surface area contributed by atoms with Crippen LogP contribution < -0.4 is 10.6 Å². The second-order valence-corrected chi connectivity index (χ2v) is 7.15. The Kier molecular flexibility index (Phi) is 5.03. The van der Waals surface area contributed by atoms with Gasteiger partial charge in [-0.2, -0.15) is 5.26 Å². The van der Waals surface area contributed by atoms with Crippen LogP contribution in [0, 0.1) is 18.3 Å². The lowest BCUT2D eigenvalue weighted by Crippen LogP contribution is -2.28. The van der Waals surface area contributed by atoms with Crippen molar-refractivity contribution >= 4 is 16.7 Å². The number of benzene rings is 1. The number of nitrogens with one attached hydrogen (secondary N) is 3. The molecule has 4 rings (SSSR count). The van der Waals surface area contributed by atoms with Gasteiger partial charge in [-0.25, -0.2) is 9.97 Å². The van der Waals surface area contributed by atoms with E-state index in [2.05, 4.69) is 44.6 Å². The highest BCUT2D eigenvalue weighted by atomic mass is 15.0. The summed E-state index contributed by atoms with van der Waals surface area (Å²) < 4.78 is 0. The molecule has 0 bridgehead atoms. The first-order chi connectivity index (χ1) is 13.2. The third-order valence-electron chi connectivity index (χ3n) is 5.33. The van der Waals surface area contributed by atoms with Crippen LogP contribution in [0.4, 0.5) is 5.82 Å². The van der Waals surface area contributed by atoms with Gasteiger partial charge in [0, 0.05) is 41.7 Å². The maximum atomic E-state index is 9.16. The average Bonchev–Trinajstić information content (AvgIpc) is 3.03. The van der Waals surface area contributed by atoms with Crippen LogP contribution in [0.25, 0.3) is 10.9 Å². The SMILES string of the molecule is Cc1[nH]c2ccc(C#N)cc2c1CCNc1cc([C@@H]2CCCNC2)ncn1. The molecule has 0 aliphatic carbocycles. The number of anilines is 1. The van der Waals surface area contributed by atoms with Gasteiger partial charge in [0.15, 0.2) is 0 Å². The summed E-state index contributed by atoms with van der Waals surface area (Å²) in [5.74, 6) is 1.35. The van der Waals surface area contributed by atoms with E-state index >= 15 is 0 Å². The predicted molar refractivity (Wildman–Crippen MR) is 107 cm³/mol. The van der Waals surface area contributed by atoms with Crippen molar-refractivity contribution in [3.05, 3.63) is 53.1 Å². The van der Waals surface area contributed by atoms with Crippen LogP contribution in [0.2, 0.25) is 0 Å². The number of fused-ring (bicyclic) bond motifs is 1. The molecule has 3 heterocycles. The Balaban J connectivity index is 1.45. The molecule has 6 heteroatoms. The Morgan fingerprint density at radius 3 is 3.04 bits per heavy atom. The van der Waals surface area contributed by atoms with E-state index in [1.54, 1.807) is 6.33 Å². The van der Waals surface area contributed by atoms with E-state index in [0.717, 1.165) is 54.2 Å². The van der Waals surface area contributed by atoms with Crippen LogP contribution in [0.15, 0.2) is 30.6 Å². The largest absolute Gasteiger partial charge is 0.370 e. The van der Waals surface area contributed by atoms with Gasteiger partial charge in [-0.1, -0.05) is 0 Å². The molecule has 1 atom stereocenters. The number of aromatic amines is 1. The number of H-pyrrole nitrogens is 1. The molecule has 0 spiro atoms. The Bertz CT molecular complexity index is 978. The Morgan fingerprint density at radius 1 is 1.30 bits per heavy atom. The van der Waals surface area contributed by atoms with Crippen molar-refractivity contribution in [2.45, 2.75) is 32.1 Å². The topological polar surface area (TPSA) is 89.4 Å². The quantitative estimate of drug-likeness (QED) is 0.650. The maximum absolute atomic E-state index is 9.16. The number of nitrogens with zero attached hydrogens (tertiary/aromatic N) is 3. The van der Waals surface area contributed by atoms with Crippen molar-refractivity contribution in [2.75, 3.05) is 25.0 Å². The molecule has 0 radical (unpaired) electrons. The molecule has 138 valence electrons. The second kappa shape index (κ2) is 7.77. The molecule has 2 aromatic heterocycles. The van der Waals surface area contributed by atoms with Gasteiger partial charge >= 0.3 is 0 Å². The van der Waals surface area contributed by atoms with Crippen molar-refractivity contribution in [3.63, 3.8) is 0 Å². The molecule has 0 amide bonds.